The van der Waals surface area contributed by atoms with Gasteiger partial charge < -0.3 is 9.84 Å². The number of aromatic carboxylic acids is 1. The van der Waals surface area contributed by atoms with Gasteiger partial charge in [0.05, 0.1) is 23.6 Å². The molecular weight excluding hydrogens is 254 g/mol. The van der Waals surface area contributed by atoms with Gasteiger partial charge in [0.25, 0.3) is 0 Å². The number of para-hydroxylation sites is 1. The summed E-state index contributed by atoms with van der Waals surface area (Å²) in [5.74, 6) is -0.188. The van der Waals surface area contributed by atoms with E-state index in [1.165, 1.54) is 0 Å². The number of aryl methyl sites for hydroxylation is 1. The molecule has 4 heteroatoms. The number of pyridine rings is 1. The highest BCUT2D eigenvalue weighted by Crippen LogP contribution is 2.29. The van der Waals surface area contributed by atoms with E-state index in [0.717, 1.165) is 17.0 Å². The third-order valence-electron chi connectivity index (χ3n) is 3.00. The lowest BCUT2D eigenvalue weighted by Crippen LogP contribution is -2.05. The molecule has 1 N–H and O–H groups in total. The monoisotopic (exact) mass is 271 g/mol. The second-order valence-electron chi connectivity index (χ2n) is 4.28. The number of rotatable bonds is 5. The number of hydrogen-bond acceptors (Lipinski definition) is 3. The van der Waals surface area contributed by atoms with Crippen molar-refractivity contribution in [1.29, 1.82) is 0 Å². The van der Waals surface area contributed by atoms with Crippen LogP contribution >= 0.6 is 0 Å². The number of hydrogen-bond donors (Lipinski definition) is 1. The third kappa shape index (κ3) is 2.79. The maximum absolute atomic E-state index is 11.1. The van der Waals surface area contributed by atoms with Crippen LogP contribution in [0, 0.1) is 0 Å². The summed E-state index contributed by atoms with van der Waals surface area (Å²) < 4.78 is 5.59. The van der Waals surface area contributed by atoms with Gasteiger partial charge in [-0.2, -0.15) is 0 Å². The zero-order chi connectivity index (χ0) is 14.5. The molecule has 0 fully saturated rings. The fraction of sp³-hybridized carbons (Fsp3) is 0.250. The molecule has 0 radical (unpaired) electrons. The molecule has 20 heavy (non-hydrogen) atoms. The molecule has 0 saturated carbocycles. The van der Waals surface area contributed by atoms with E-state index in [0.29, 0.717) is 18.7 Å². The SMILES string of the molecule is CCOc1ccccc1-c1ccc(C(=O)O)c(CC)n1. The van der Waals surface area contributed by atoms with Crippen LogP contribution in [0.15, 0.2) is 36.4 Å². The molecule has 104 valence electrons. The van der Waals surface area contributed by atoms with Gasteiger partial charge in [-0.3, -0.25) is 4.98 Å². The highest BCUT2D eigenvalue weighted by Gasteiger charge is 2.13. The molecule has 4 nitrogen and oxygen atoms in total. The van der Waals surface area contributed by atoms with Gasteiger partial charge in [-0.05, 0) is 37.6 Å². The van der Waals surface area contributed by atoms with E-state index in [4.69, 9.17) is 9.84 Å². The van der Waals surface area contributed by atoms with Gasteiger partial charge in [0.2, 0.25) is 0 Å². The van der Waals surface area contributed by atoms with E-state index in [-0.39, 0.29) is 5.56 Å². The molecule has 1 heterocycles. The molecule has 2 rings (SSSR count). The highest BCUT2D eigenvalue weighted by molar-refractivity contribution is 5.89. The summed E-state index contributed by atoms with van der Waals surface area (Å²) in [4.78, 5) is 15.6. The van der Waals surface area contributed by atoms with Gasteiger partial charge in [0, 0.05) is 5.56 Å². The molecule has 0 spiro atoms. The van der Waals surface area contributed by atoms with Gasteiger partial charge in [-0.15, -0.1) is 0 Å². The fourth-order valence-electron chi connectivity index (χ4n) is 2.08. The Labute approximate surface area is 118 Å². The first kappa shape index (κ1) is 14.1. The van der Waals surface area contributed by atoms with Crippen LogP contribution in [0.1, 0.15) is 29.9 Å². The second kappa shape index (κ2) is 6.19. The summed E-state index contributed by atoms with van der Waals surface area (Å²) in [5, 5.41) is 9.13. The summed E-state index contributed by atoms with van der Waals surface area (Å²) in [6, 6.07) is 11.0. The van der Waals surface area contributed by atoms with Crippen LogP contribution in [-0.4, -0.2) is 22.7 Å². The number of nitrogens with zero attached hydrogens (tertiary/aromatic N) is 1. The molecule has 0 atom stereocenters. The van der Waals surface area contributed by atoms with Crippen LogP contribution in [0.2, 0.25) is 0 Å². The zero-order valence-electron chi connectivity index (χ0n) is 11.6. The molecule has 1 aromatic heterocycles. The third-order valence-corrected chi connectivity index (χ3v) is 3.00. The van der Waals surface area contributed by atoms with Crippen LogP contribution in [0.4, 0.5) is 0 Å². The zero-order valence-corrected chi connectivity index (χ0v) is 11.6. The Bertz CT molecular complexity index is 623. The lowest BCUT2D eigenvalue weighted by molar-refractivity contribution is 0.0695. The quantitative estimate of drug-likeness (QED) is 0.905. The second-order valence-corrected chi connectivity index (χ2v) is 4.28. The van der Waals surface area contributed by atoms with Crippen molar-refractivity contribution in [2.75, 3.05) is 6.61 Å². The minimum Gasteiger partial charge on any atom is -0.493 e. The lowest BCUT2D eigenvalue weighted by Gasteiger charge is -2.11. The van der Waals surface area contributed by atoms with E-state index in [1.54, 1.807) is 12.1 Å². The summed E-state index contributed by atoms with van der Waals surface area (Å²) >= 11 is 0. The maximum atomic E-state index is 11.1. The van der Waals surface area contributed by atoms with Crippen molar-refractivity contribution in [3.8, 4) is 17.0 Å². The molecule has 0 aliphatic rings. The molecule has 0 amide bonds. The van der Waals surface area contributed by atoms with Crippen LogP contribution in [0.5, 0.6) is 5.75 Å². The molecule has 0 bridgehead atoms. The van der Waals surface area contributed by atoms with E-state index in [2.05, 4.69) is 4.98 Å². The van der Waals surface area contributed by atoms with Crippen LogP contribution in [0.25, 0.3) is 11.3 Å². The topological polar surface area (TPSA) is 59.4 Å². The van der Waals surface area contributed by atoms with Crippen molar-refractivity contribution < 1.29 is 14.6 Å². The Hall–Kier alpha value is -2.36. The lowest BCUT2D eigenvalue weighted by atomic mass is 10.1. The first-order valence-electron chi connectivity index (χ1n) is 6.62. The van der Waals surface area contributed by atoms with Crippen molar-refractivity contribution in [3.05, 3.63) is 47.7 Å². The van der Waals surface area contributed by atoms with Crippen molar-refractivity contribution in [2.45, 2.75) is 20.3 Å². The highest BCUT2D eigenvalue weighted by atomic mass is 16.5. The fourth-order valence-corrected chi connectivity index (χ4v) is 2.08. The maximum Gasteiger partial charge on any atom is 0.337 e. The van der Waals surface area contributed by atoms with Crippen LogP contribution < -0.4 is 4.74 Å². The Morgan fingerprint density at radius 3 is 2.60 bits per heavy atom. The number of ether oxygens (including phenoxy) is 1. The molecule has 0 unspecified atom stereocenters. The summed E-state index contributed by atoms with van der Waals surface area (Å²) in [7, 11) is 0. The molecule has 2 aromatic rings. The predicted octanol–water partition coefficient (Wildman–Crippen LogP) is 3.41. The molecular formula is C16H17NO3. The first-order chi connectivity index (χ1) is 9.67. The van der Waals surface area contributed by atoms with Crippen molar-refractivity contribution in [3.63, 3.8) is 0 Å². The molecule has 0 aliphatic heterocycles. The number of carboxylic acid groups (broad SMARTS) is 1. The van der Waals surface area contributed by atoms with E-state index in [1.807, 2.05) is 38.1 Å². The van der Waals surface area contributed by atoms with Gasteiger partial charge in [-0.1, -0.05) is 19.1 Å². The number of carboxylic acids is 1. The van der Waals surface area contributed by atoms with Gasteiger partial charge >= 0.3 is 5.97 Å². The average Bonchev–Trinajstić information content (AvgIpc) is 2.47. The number of aromatic nitrogens is 1. The predicted molar refractivity (Wildman–Crippen MR) is 77.2 cm³/mol. The van der Waals surface area contributed by atoms with E-state index < -0.39 is 5.97 Å². The van der Waals surface area contributed by atoms with E-state index in [9.17, 15) is 4.79 Å². The molecule has 1 aromatic carbocycles. The average molecular weight is 271 g/mol. The van der Waals surface area contributed by atoms with Gasteiger partial charge in [0.1, 0.15) is 5.75 Å². The van der Waals surface area contributed by atoms with Crippen LogP contribution in [0.3, 0.4) is 0 Å². The van der Waals surface area contributed by atoms with Gasteiger partial charge in [-0.25, -0.2) is 4.79 Å². The smallest absolute Gasteiger partial charge is 0.337 e. The Morgan fingerprint density at radius 2 is 1.95 bits per heavy atom. The minimum absolute atomic E-state index is 0.255. The summed E-state index contributed by atoms with van der Waals surface area (Å²) in [6.45, 7) is 4.40. The van der Waals surface area contributed by atoms with Crippen molar-refractivity contribution >= 4 is 5.97 Å². The largest absolute Gasteiger partial charge is 0.493 e. The van der Waals surface area contributed by atoms with E-state index >= 15 is 0 Å². The van der Waals surface area contributed by atoms with Gasteiger partial charge in [0.15, 0.2) is 0 Å². The normalized spacial score (nSPS) is 10.3. The van der Waals surface area contributed by atoms with Crippen molar-refractivity contribution in [2.24, 2.45) is 0 Å². The standard InChI is InChI=1S/C16H17NO3/c1-3-13-12(16(18)19)9-10-14(17-13)11-7-5-6-8-15(11)20-4-2/h5-10H,3-4H2,1-2H3,(H,18,19). The molecule has 0 aliphatic carbocycles. The summed E-state index contributed by atoms with van der Waals surface area (Å²) in [6.07, 6.45) is 0.576. The summed E-state index contributed by atoms with van der Waals surface area (Å²) in [5.41, 5.74) is 2.45. The minimum atomic E-state index is -0.945. The van der Waals surface area contributed by atoms with Crippen LogP contribution in [-0.2, 0) is 6.42 Å². The number of benzene rings is 1. The Balaban J connectivity index is 2.51. The van der Waals surface area contributed by atoms with Crippen molar-refractivity contribution in [1.82, 2.24) is 4.98 Å². The Morgan fingerprint density at radius 1 is 1.20 bits per heavy atom. The number of carbonyl (C=O) groups is 1. The molecule has 0 saturated heterocycles. The first-order valence-corrected chi connectivity index (χ1v) is 6.62. The Kier molecular flexibility index (Phi) is 4.35.